The number of aromatic nitrogens is 3. The van der Waals surface area contributed by atoms with E-state index in [9.17, 15) is 4.79 Å². The highest BCUT2D eigenvalue weighted by atomic mass is 16.5. The average molecular weight is 296 g/mol. The normalized spacial score (nSPS) is 13.8. The van der Waals surface area contributed by atoms with E-state index in [-0.39, 0.29) is 12.7 Å². The second kappa shape index (κ2) is 6.34. The molecule has 22 heavy (non-hydrogen) atoms. The molecule has 0 amide bonds. The van der Waals surface area contributed by atoms with Crippen molar-refractivity contribution in [2.45, 2.75) is 26.5 Å². The molecule has 112 valence electrons. The molecule has 0 saturated heterocycles. The molecule has 3 rings (SSSR count). The lowest BCUT2D eigenvalue weighted by molar-refractivity contribution is -0.144. The van der Waals surface area contributed by atoms with E-state index in [4.69, 9.17) is 4.74 Å². The van der Waals surface area contributed by atoms with Gasteiger partial charge in [-0.05, 0) is 25.0 Å². The van der Waals surface area contributed by atoms with E-state index in [1.54, 1.807) is 17.0 Å². The number of imidazole rings is 1. The number of rotatable bonds is 4. The summed E-state index contributed by atoms with van der Waals surface area (Å²) in [4.78, 5) is 24.4. The first kappa shape index (κ1) is 14.2. The minimum atomic E-state index is -0.333. The second-order valence-electron chi connectivity index (χ2n) is 4.90. The first-order valence-electron chi connectivity index (χ1n) is 7.08. The quantitative estimate of drug-likeness (QED) is 0.813. The predicted octanol–water partition coefficient (Wildman–Crippen LogP) is 2.56. The molecule has 2 aromatic heterocycles. The Kier molecular flexibility index (Phi) is 4.09. The van der Waals surface area contributed by atoms with Gasteiger partial charge in [0.2, 0.25) is 0 Å². The molecular formula is C16H16N4O2. The van der Waals surface area contributed by atoms with Crippen LogP contribution in [0.25, 0.3) is 11.5 Å². The number of allylic oxidation sites excluding steroid dienone is 1. The van der Waals surface area contributed by atoms with Gasteiger partial charge in [0.25, 0.3) is 0 Å². The zero-order valence-electron chi connectivity index (χ0n) is 12.3. The third kappa shape index (κ3) is 3.11. The van der Waals surface area contributed by atoms with Crippen LogP contribution in [0.15, 0.2) is 47.9 Å². The molecule has 1 aliphatic rings. The Morgan fingerprint density at radius 2 is 2.27 bits per heavy atom. The monoisotopic (exact) mass is 296 g/mol. The van der Waals surface area contributed by atoms with Crippen molar-refractivity contribution in [3.63, 3.8) is 0 Å². The molecule has 0 bridgehead atoms. The molecule has 0 N–H and O–H groups in total. The van der Waals surface area contributed by atoms with E-state index in [1.165, 1.54) is 6.92 Å². The number of esters is 1. The van der Waals surface area contributed by atoms with Crippen molar-refractivity contribution in [2.75, 3.05) is 0 Å². The third-order valence-electron chi connectivity index (χ3n) is 3.26. The summed E-state index contributed by atoms with van der Waals surface area (Å²) in [6.45, 7) is 1.49. The zero-order chi connectivity index (χ0) is 15.4. The summed E-state index contributed by atoms with van der Waals surface area (Å²) in [5.41, 5.74) is 2.45. The Labute approximate surface area is 128 Å². The van der Waals surface area contributed by atoms with Crippen LogP contribution in [-0.4, -0.2) is 26.2 Å². The Morgan fingerprint density at radius 3 is 2.95 bits per heavy atom. The maximum Gasteiger partial charge on any atom is 0.304 e. The molecule has 0 saturated carbocycles. The molecule has 0 atom stereocenters. The Hall–Kier alpha value is -2.76. The van der Waals surface area contributed by atoms with Gasteiger partial charge in [0.1, 0.15) is 11.4 Å². The molecule has 6 nitrogen and oxygen atoms in total. The summed E-state index contributed by atoms with van der Waals surface area (Å²) in [7, 11) is 0. The predicted molar refractivity (Wildman–Crippen MR) is 82.1 cm³/mol. The molecule has 0 radical (unpaired) electrons. The lowest BCUT2D eigenvalue weighted by Crippen LogP contribution is -2.07. The summed E-state index contributed by atoms with van der Waals surface area (Å²) >= 11 is 0. The van der Waals surface area contributed by atoms with Crippen LogP contribution in [0.1, 0.15) is 25.5 Å². The number of hydrogen-bond donors (Lipinski definition) is 0. The third-order valence-corrected chi connectivity index (χ3v) is 3.26. The number of carbonyl (C=O) groups is 1. The van der Waals surface area contributed by atoms with Gasteiger partial charge in [-0.3, -0.25) is 19.3 Å². The summed E-state index contributed by atoms with van der Waals surface area (Å²) in [6, 6.07) is 5.62. The van der Waals surface area contributed by atoms with Crippen LogP contribution in [0.5, 0.6) is 0 Å². The van der Waals surface area contributed by atoms with Crippen LogP contribution < -0.4 is 0 Å². The molecule has 0 spiro atoms. The summed E-state index contributed by atoms with van der Waals surface area (Å²) in [6.07, 6.45) is 9.19. The van der Waals surface area contributed by atoms with Crippen LogP contribution in [0.3, 0.4) is 0 Å². The zero-order valence-corrected chi connectivity index (χ0v) is 12.3. The summed E-state index contributed by atoms with van der Waals surface area (Å²) in [5.74, 6) is 0.328. The fraction of sp³-hybridized carbons (Fsp3) is 0.250. The smallest absolute Gasteiger partial charge is 0.304 e. The van der Waals surface area contributed by atoms with Crippen LogP contribution in [0.2, 0.25) is 0 Å². The maximum absolute atomic E-state index is 11.1. The van der Waals surface area contributed by atoms with E-state index in [1.807, 2.05) is 30.5 Å². The van der Waals surface area contributed by atoms with Gasteiger partial charge < -0.3 is 4.74 Å². The van der Waals surface area contributed by atoms with Crippen LogP contribution in [0.4, 0.5) is 0 Å². The van der Waals surface area contributed by atoms with Gasteiger partial charge in [-0.25, -0.2) is 4.98 Å². The standard InChI is InChI=1S/C16H16N4O2/c1-12(21)22-11-20-10-15(13-6-2-4-8-17-13)19-16(20)14-7-3-5-9-18-14/h3-5,7-10H,2,6,11H2,1H3. The van der Waals surface area contributed by atoms with Crippen molar-refractivity contribution < 1.29 is 9.53 Å². The topological polar surface area (TPSA) is 69.4 Å². The average Bonchev–Trinajstić information content (AvgIpc) is 2.99. The highest BCUT2D eigenvalue weighted by Crippen LogP contribution is 2.19. The second-order valence-corrected chi connectivity index (χ2v) is 4.90. The van der Waals surface area contributed by atoms with Crippen LogP contribution in [0, 0.1) is 0 Å². The fourth-order valence-corrected chi connectivity index (χ4v) is 2.21. The number of carbonyl (C=O) groups excluding carboxylic acids is 1. The van der Waals surface area contributed by atoms with Gasteiger partial charge in [0, 0.05) is 25.5 Å². The van der Waals surface area contributed by atoms with Gasteiger partial charge in [0.05, 0.1) is 5.71 Å². The number of aliphatic imine (C=N–C) groups is 1. The maximum atomic E-state index is 11.1. The Balaban J connectivity index is 1.98. The molecule has 6 heteroatoms. The van der Waals surface area contributed by atoms with E-state index < -0.39 is 0 Å². The lowest BCUT2D eigenvalue weighted by atomic mass is 10.1. The Morgan fingerprint density at radius 1 is 1.36 bits per heavy atom. The van der Waals surface area contributed by atoms with Gasteiger partial charge in [-0.15, -0.1) is 0 Å². The van der Waals surface area contributed by atoms with Crippen molar-refractivity contribution in [1.82, 2.24) is 14.5 Å². The minimum Gasteiger partial charge on any atom is -0.444 e. The van der Waals surface area contributed by atoms with Crippen molar-refractivity contribution in [1.29, 1.82) is 0 Å². The number of pyridine rings is 1. The highest BCUT2D eigenvalue weighted by Gasteiger charge is 2.16. The molecule has 2 aromatic rings. The molecule has 0 aliphatic carbocycles. The fourth-order valence-electron chi connectivity index (χ4n) is 2.21. The highest BCUT2D eigenvalue weighted by molar-refractivity contribution is 6.00. The first-order valence-corrected chi connectivity index (χ1v) is 7.08. The summed E-state index contributed by atoms with van der Waals surface area (Å²) in [5, 5.41) is 0. The number of nitrogens with zero attached hydrogens (tertiary/aromatic N) is 4. The Bertz CT molecular complexity index is 732. The lowest BCUT2D eigenvalue weighted by Gasteiger charge is -2.06. The largest absolute Gasteiger partial charge is 0.444 e. The van der Waals surface area contributed by atoms with E-state index in [0.717, 1.165) is 29.9 Å². The molecule has 0 unspecified atom stereocenters. The number of ether oxygens (including phenoxy) is 1. The van der Waals surface area contributed by atoms with E-state index in [0.29, 0.717) is 5.82 Å². The SMILES string of the molecule is CC(=O)OCn1cc(C2=NC=CCC2)nc1-c1ccccn1. The summed E-state index contributed by atoms with van der Waals surface area (Å²) < 4.78 is 6.87. The molecule has 0 aromatic carbocycles. The van der Waals surface area contributed by atoms with Gasteiger partial charge in [-0.1, -0.05) is 12.1 Å². The number of hydrogen-bond acceptors (Lipinski definition) is 5. The van der Waals surface area contributed by atoms with Gasteiger partial charge >= 0.3 is 5.97 Å². The van der Waals surface area contributed by atoms with Crippen molar-refractivity contribution in [2.24, 2.45) is 4.99 Å². The minimum absolute atomic E-state index is 0.108. The first-order chi connectivity index (χ1) is 10.7. The van der Waals surface area contributed by atoms with Crippen molar-refractivity contribution >= 4 is 11.7 Å². The molecule has 1 aliphatic heterocycles. The van der Waals surface area contributed by atoms with Crippen LogP contribution >= 0.6 is 0 Å². The van der Waals surface area contributed by atoms with Gasteiger partial charge in [-0.2, -0.15) is 0 Å². The van der Waals surface area contributed by atoms with Crippen molar-refractivity contribution in [3.05, 3.63) is 48.6 Å². The molecular weight excluding hydrogens is 280 g/mol. The molecule has 3 heterocycles. The molecule has 0 fully saturated rings. The van der Waals surface area contributed by atoms with Crippen LogP contribution in [-0.2, 0) is 16.3 Å². The van der Waals surface area contributed by atoms with Gasteiger partial charge in [0.15, 0.2) is 12.6 Å². The van der Waals surface area contributed by atoms with Crippen molar-refractivity contribution in [3.8, 4) is 11.5 Å². The van der Waals surface area contributed by atoms with E-state index >= 15 is 0 Å². The van der Waals surface area contributed by atoms with E-state index in [2.05, 4.69) is 15.0 Å².